The van der Waals surface area contributed by atoms with Crippen LogP contribution in [0.3, 0.4) is 0 Å². The number of rotatable bonds is 4. The number of fused-ring (bicyclic) bond motifs is 2. The molecule has 2 aromatic heterocycles. The second-order valence-corrected chi connectivity index (χ2v) is 9.13. The fraction of sp³-hybridized carbons (Fsp3) is 0.360. The van der Waals surface area contributed by atoms with Crippen LogP contribution in [0.25, 0.3) is 21.8 Å². The first-order valence-electron chi connectivity index (χ1n) is 11.4. The van der Waals surface area contributed by atoms with Gasteiger partial charge in [-0.05, 0) is 49.6 Å². The minimum absolute atomic E-state index is 0.136. The molecule has 10 heteroatoms. The summed E-state index contributed by atoms with van der Waals surface area (Å²) in [4.78, 5) is 37.4. The molecule has 0 radical (unpaired) electrons. The zero-order valence-corrected chi connectivity index (χ0v) is 20.8. The van der Waals surface area contributed by atoms with E-state index in [-0.39, 0.29) is 22.6 Å². The van der Waals surface area contributed by atoms with E-state index in [1.165, 1.54) is 4.57 Å². The Morgan fingerprint density at radius 3 is 2.34 bits per heavy atom. The van der Waals surface area contributed by atoms with E-state index in [4.69, 9.17) is 21.1 Å². The standard InChI is InChI=1S/C25H26ClN5O4/c1-14-5-6-19-17(11-14)23(32)31(25(33)29(19)2)15-7-9-30(10-8-15)22-16-12-20(34-3)21(35-4)13-18(16)27-24(26)28-22/h5-6,11-13,15H,7-10H2,1-4H3. The van der Waals surface area contributed by atoms with Gasteiger partial charge in [0.2, 0.25) is 5.28 Å². The van der Waals surface area contributed by atoms with Gasteiger partial charge < -0.3 is 14.4 Å². The molecule has 1 saturated heterocycles. The van der Waals surface area contributed by atoms with Crippen molar-refractivity contribution in [3.8, 4) is 11.5 Å². The van der Waals surface area contributed by atoms with E-state index in [9.17, 15) is 9.59 Å². The Hall–Kier alpha value is -3.59. The van der Waals surface area contributed by atoms with E-state index in [1.807, 2.05) is 31.2 Å². The fourth-order valence-corrected chi connectivity index (χ4v) is 5.08. The first-order chi connectivity index (χ1) is 16.8. The molecule has 0 unspecified atom stereocenters. The zero-order chi connectivity index (χ0) is 24.9. The number of hydrogen-bond acceptors (Lipinski definition) is 7. The highest BCUT2D eigenvalue weighted by molar-refractivity contribution is 6.28. The molecule has 0 atom stereocenters. The van der Waals surface area contributed by atoms with Crippen molar-refractivity contribution >= 4 is 39.2 Å². The molecule has 0 N–H and O–H groups in total. The molecule has 4 aromatic rings. The maximum absolute atomic E-state index is 13.3. The minimum Gasteiger partial charge on any atom is -0.493 e. The highest BCUT2D eigenvalue weighted by Gasteiger charge is 2.27. The maximum atomic E-state index is 13.3. The van der Waals surface area contributed by atoms with Crippen LogP contribution in [0.1, 0.15) is 24.4 Å². The molecule has 0 aliphatic carbocycles. The molecule has 0 spiro atoms. The molecule has 0 amide bonds. The van der Waals surface area contributed by atoms with Gasteiger partial charge in [0.15, 0.2) is 11.5 Å². The molecule has 0 bridgehead atoms. The lowest BCUT2D eigenvalue weighted by Gasteiger charge is -2.34. The van der Waals surface area contributed by atoms with Crippen LogP contribution in [-0.4, -0.2) is 46.4 Å². The topological polar surface area (TPSA) is 91.5 Å². The first kappa shape index (κ1) is 23.2. The number of aryl methyl sites for hydroxylation is 2. The van der Waals surface area contributed by atoms with E-state index in [0.29, 0.717) is 59.7 Å². The number of anilines is 1. The molecular weight excluding hydrogens is 470 g/mol. The van der Waals surface area contributed by atoms with Gasteiger partial charge in [0.05, 0.1) is 30.6 Å². The van der Waals surface area contributed by atoms with E-state index < -0.39 is 0 Å². The van der Waals surface area contributed by atoms with Crippen LogP contribution in [0.2, 0.25) is 5.28 Å². The van der Waals surface area contributed by atoms with Gasteiger partial charge >= 0.3 is 5.69 Å². The number of ether oxygens (including phenoxy) is 2. The van der Waals surface area contributed by atoms with E-state index >= 15 is 0 Å². The summed E-state index contributed by atoms with van der Waals surface area (Å²) >= 11 is 6.25. The highest BCUT2D eigenvalue weighted by Crippen LogP contribution is 2.37. The average Bonchev–Trinajstić information content (AvgIpc) is 2.86. The van der Waals surface area contributed by atoms with E-state index in [1.54, 1.807) is 31.9 Å². The number of hydrogen-bond donors (Lipinski definition) is 0. The monoisotopic (exact) mass is 495 g/mol. The lowest BCUT2D eigenvalue weighted by Crippen LogP contribution is -2.45. The Morgan fingerprint density at radius 2 is 1.66 bits per heavy atom. The van der Waals surface area contributed by atoms with Gasteiger partial charge in [0.1, 0.15) is 5.82 Å². The molecule has 1 fully saturated rings. The van der Waals surface area contributed by atoms with E-state index in [2.05, 4.69) is 14.9 Å². The maximum Gasteiger partial charge on any atom is 0.331 e. The highest BCUT2D eigenvalue weighted by atomic mass is 35.5. The molecule has 0 saturated carbocycles. The normalized spacial score (nSPS) is 14.6. The van der Waals surface area contributed by atoms with Crippen LogP contribution in [0, 0.1) is 6.92 Å². The molecule has 182 valence electrons. The third-order valence-corrected chi connectivity index (χ3v) is 6.91. The van der Waals surface area contributed by atoms with Gasteiger partial charge in [0.25, 0.3) is 5.56 Å². The van der Waals surface area contributed by atoms with Crippen LogP contribution < -0.4 is 25.6 Å². The summed E-state index contributed by atoms with van der Waals surface area (Å²) in [5, 5.41) is 1.49. The largest absolute Gasteiger partial charge is 0.493 e. The number of methoxy groups -OCH3 is 2. The number of halogens is 1. The Labute approximate surface area is 206 Å². The average molecular weight is 496 g/mol. The Morgan fingerprint density at radius 1 is 0.971 bits per heavy atom. The summed E-state index contributed by atoms with van der Waals surface area (Å²) < 4.78 is 13.8. The van der Waals surface area contributed by atoms with Crippen molar-refractivity contribution in [3.63, 3.8) is 0 Å². The summed E-state index contributed by atoms with van der Waals surface area (Å²) in [5.74, 6) is 1.82. The molecule has 5 rings (SSSR count). The van der Waals surface area contributed by atoms with Crippen LogP contribution in [0.5, 0.6) is 11.5 Å². The summed E-state index contributed by atoms with van der Waals surface area (Å²) in [6.45, 7) is 3.14. The second-order valence-electron chi connectivity index (χ2n) is 8.80. The van der Waals surface area contributed by atoms with Crippen molar-refractivity contribution < 1.29 is 9.47 Å². The van der Waals surface area contributed by atoms with Gasteiger partial charge in [-0.2, -0.15) is 4.98 Å². The third-order valence-electron chi connectivity index (χ3n) is 6.74. The van der Waals surface area contributed by atoms with Gasteiger partial charge in [-0.15, -0.1) is 0 Å². The summed E-state index contributed by atoms with van der Waals surface area (Å²) in [6, 6.07) is 9.00. The number of aromatic nitrogens is 4. The summed E-state index contributed by atoms with van der Waals surface area (Å²) in [6.07, 6.45) is 1.23. The van der Waals surface area contributed by atoms with Crippen LogP contribution in [0.15, 0.2) is 39.9 Å². The van der Waals surface area contributed by atoms with Crippen molar-refractivity contribution in [1.29, 1.82) is 0 Å². The molecule has 3 heterocycles. The fourth-order valence-electron chi connectivity index (χ4n) is 4.91. The van der Waals surface area contributed by atoms with Gasteiger partial charge in [0, 0.05) is 37.6 Å². The predicted octanol–water partition coefficient (Wildman–Crippen LogP) is 3.46. The van der Waals surface area contributed by atoms with Gasteiger partial charge in [-0.25, -0.2) is 9.78 Å². The molecule has 1 aliphatic heterocycles. The number of piperidine rings is 1. The molecule has 35 heavy (non-hydrogen) atoms. The van der Waals surface area contributed by atoms with Crippen LogP contribution in [0.4, 0.5) is 5.82 Å². The Bertz CT molecular complexity index is 1570. The SMILES string of the molecule is COc1cc2nc(Cl)nc(N3CCC(n4c(=O)c5cc(C)ccc5n(C)c4=O)CC3)c2cc1OC. The van der Waals surface area contributed by atoms with Gasteiger partial charge in [-0.3, -0.25) is 13.9 Å². The lowest BCUT2D eigenvalue weighted by atomic mass is 10.0. The van der Waals surface area contributed by atoms with Crippen molar-refractivity contribution in [2.24, 2.45) is 7.05 Å². The molecular formula is C25H26ClN5O4. The first-order valence-corrected chi connectivity index (χ1v) is 11.8. The summed E-state index contributed by atoms with van der Waals surface area (Å²) in [5.41, 5.74) is 1.74. The number of nitrogens with zero attached hydrogens (tertiary/aromatic N) is 5. The quantitative estimate of drug-likeness (QED) is 0.400. The molecule has 1 aliphatic rings. The third kappa shape index (κ3) is 3.89. The van der Waals surface area contributed by atoms with Crippen molar-refractivity contribution in [2.75, 3.05) is 32.2 Å². The van der Waals surface area contributed by atoms with Crippen molar-refractivity contribution in [1.82, 2.24) is 19.1 Å². The Kier molecular flexibility index (Phi) is 5.88. The van der Waals surface area contributed by atoms with Crippen molar-refractivity contribution in [3.05, 3.63) is 62.0 Å². The minimum atomic E-state index is -0.294. The Balaban J connectivity index is 1.51. The smallest absolute Gasteiger partial charge is 0.331 e. The lowest BCUT2D eigenvalue weighted by molar-refractivity contribution is 0.355. The van der Waals surface area contributed by atoms with Crippen LogP contribution in [-0.2, 0) is 7.05 Å². The molecule has 2 aromatic carbocycles. The predicted molar refractivity (Wildman–Crippen MR) is 136 cm³/mol. The number of benzene rings is 2. The zero-order valence-electron chi connectivity index (χ0n) is 20.0. The van der Waals surface area contributed by atoms with Crippen LogP contribution >= 0.6 is 11.6 Å². The second kappa shape index (κ2) is 8.88. The molecule has 9 nitrogen and oxygen atoms in total. The van der Waals surface area contributed by atoms with Crippen molar-refractivity contribution in [2.45, 2.75) is 25.8 Å². The van der Waals surface area contributed by atoms with E-state index in [0.717, 1.165) is 10.9 Å². The summed E-state index contributed by atoms with van der Waals surface area (Å²) in [7, 11) is 4.86. The van der Waals surface area contributed by atoms with Gasteiger partial charge in [-0.1, -0.05) is 11.6 Å².